The molecule has 0 saturated heterocycles. The number of alkyl halides is 2. The molecule has 4 nitrogen and oxygen atoms in total. The fourth-order valence-corrected chi connectivity index (χ4v) is 2.46. The van der Waals surface area contributed by atoms with E-state index in [1.54, 1.807) is 0 Å². The molecule has 6 heteroatoms. The van der Waals surface area contributed by atoms with Gasteiger partial charge in [0.15, 0.2) is 5.72 Å². The lowest BCUT2D eigenvalue weighted by atomic mass is 9.84. The summed E-state index contributed by atoms with van der Waals surface area (Å²) in [7, 11) is 0. The molecular weight excluding hydrogens is 256 g/mol. The van der Waals surface area contributed by atoms with Crippen LogP contribution in [0, 0.1) is 5.92 Å². The lowest BCUT2D eigenvalue weighted by Crippen LogP contribution is -2.60. The Balaban J connectivity index is 2.55. The Morgan fingerprint density at radius 1 is 1.37 bits per heavy atom. The Labute approximate surface area is 112 Å². The molecule has 1 fully saturated rings. The highest BCUT2D eigenvalue weighted by atomic mass is 19.3. The number of carbonyl (C=O) groups excluding carboxylic acids is 1. The maximum Gasteiger partial charge on any atom is 0.383 e. The summed E-state index contributed by atoms with van der Waals surface area (Å²) in [6.45, 7) is 1.25. The number of hydrogen-bond acceptors (Lipinski definition) is 4. The van der Waals surface area contributed by atoms with Crippen LogP contribution in [0.15, 0.2) is 0 Å². The van der Waals surface area contributed by atoms with Crippen molar-refractivity contribution in [2.75, 3.05) is 6.61 Å². The molecule has 0 aromatic rings. The maximum atomic E-state index is 13.7. The van der Waals surface area contributed by atoms with E-state index in [-0.39, 0.29) is 13.0 Å². The number of hydrogen-bond donors (Lipinski definition) is 2. The van der Waals surface area contributed by atoms with Crippen molar-refractivity contribution in [2.45, 2.75) is 63.5 Å². The number of rotatable bonds is 6. The highest BCUT2D eigenvalue weighted by molar-refractivity contribution is 5.79. The second-order valence-corrected chi connectivity index (χ2v) is 5.26. The highest BCUT2D eigenvalue weighted by Crippen LogP contribution is 2.34. The van der Waals surface area contributed by atoms with Gasteiger partial charge in [-0.2, -0.15) is 8.78 Å². The summed E-state index contributed by atoms with van der Waals surface area (Å²) in [5.41, 5.74) is 2.41. The van der Waals surface area contributed by atoms with E-state index in [9.17, 15) is 18.7 Å². The smallest absolute Gasteiger partial charge is 0.383 e. The minimum atomic E-state index is -4.07. The SMILES string of the molecule is CCOC(=O)C(F)(F)[C@@](N)(O)CCC1CCCCC1. The number of nitrogens with two attached hydrogens (primary N) is 1. The van der Waals surface area contributed by atoms with Crippen LogP contribution in [0.3, 0.4) is 0 Å². The van der Waals surface area contributed by atoms with E-state index in [0.717, 1.165) is 25.7 Å². The number of carbonyl (C=O) groups is 1. The standard InChI is InChI=1S/C13H23F2NO3/c1-2-19-11(17)13(14,15)12(16,18)9-8-10-6-4-3-5-7-10/h10,18H,2-9,16H2,1H3/t12-/m0/s1. The largest absolute Gasteiger partial charge is 0.461 e. The molecule has 0 aromatic heterocycles. The second kappa shape index (κ2) is 6.61. The molecule has 0 aliphatic heterocycles. The predicted octanol–water partition coefficient (Wildman–Crippen LogP) is 2.19. The first-order valence-electron chi connectivity index (χ1n) is 6.87. The fourth-order valence-electron chi connectivity index (χ4n) is 2.46. The second-order valence-electron chi connectivity index (χ2n) is 5.26. The van der Waals surface area contributed by atoms with Crippen LogP contribution in [-0.2, 0) is 9.53 Å². The summed E-state index contributed by atoms with van der Waals surface area (Å²) in [6.07, 6.45) is 5.39. The minimum absolute atomic E-state index is 0.173. The molecule has 1 aliphatic rings. The van der Waals surface area contributed by atoms with Crippen molar-refractivity contribution in [3.8, 4) is 0 Å². The van der Waals surface area contributed by atoms with Crippen LogP contribution in [0.25, 0.3) is 0 Å². The van der Waals surface area contributed by atoms with Gasteiger partial charge in [-0.3, -0.25) is 5.73 Å². The van der Waals surface area contributed by atoms with Crippen LogP contribution in [0.5, 0.6) is 0 Å². The molecule has 1 aliphatic carbocycles. The summed E-state index contributed by atoms with van der Waals surface area (Å²) in [6, 6.07) is 0. The van der Waals surface area contributed by atoms with Crippen molar-refractivity contribution in [1.82, 2.24) is 0 Å². The van der Waals surface area contributed by atoms with E-state index >= 15 is 0 Å². The zero-order chi connectivity index (χ0) is 14.5. The van der Waals surface area contributed by atoms with E-state index < -0.39 is 17.6 Å². The van der Waals surface area contributed by atoms with Gasteiger partial charge in [-0.25, -0.2) is 4.79 Å². The molecule has 112 valence electrons. The third kappa shape index (κ3) is 4.11. The highest BCUT2D eigenvalue weighted by Gasteiger charge is 2.57. The van der Waals surface area contributed by atoms with Crippen LogP contribution in [0.4, 0.5) is 8.78 Å². The summed E-state index contributed by atoms with van der Waals surface area (Å²) in [5.74, 6) is -5.53. The fraction of sp³-hybridized carbons (Fsp3) is 0.923. The summed E-state index contributed by atoms with van der Waals surface area (Å²) in [4.78, 5) is 11.2. The molecule has 1 atom stereocenters. The van der Waals surface area contributed by atoms with Gasteiger partial charge in [0.2, 0.25) is 0 Å². The molecule has 0 radical (unpaired) electrons. The molecule has 0 heterocycles. The molecular formula is C13H23F2NO3. The van der Waals surface area contributed by atoms with Gasteiger partial charge in [0.25, 0.3) is 0 Å². The van der Waals surface area contributed by atoms with E-state index in [1.807, 2.05) is 0 Å². The molecule has 0 amide bonds. The molecule has 1 rings (SSSR count). The molecule has 0 aromatic carbocycles. The third-order valence-electron chi connectivity index (χ3n) is 3.73. The number of esters is 1. The van der Waals surface area contributed by atoms with E-state index in [2.05, 4.69) is 4.74 Å². The van der Waals surface area contributed by atoms with Crippen molar-refractivity contribution < 1.29 is 23.4 Å². The topological polar surface area (TPSA) is 72.5 Å². The number of aliphatic hydroxyl groups is 1. The van der Waals surface area contributed by atoms with Crippen molar-refractivity contribution in [1.29, 1.82) is 0 Å². The Morgan fingerprint density at radius 3 is 2.47 bits per heavy atom. The van der Waals surface area contributed by atoms with Crippen molar-refractivity contribution in [3.05, 3.63) is 0 Å². The Hall–Kier alpha value is -0.750. The average molecular weight is 279 g/mol. The van der Waals surface area contributed by atoms with Gasteiger partial charge in [-0.15, -0.1) is 0 Å². The van der Waals surface area contributed by atoms with E-state index in [0.29, 0.717) is 12.3 Å². The van der Waals surface area contributed by atoms with Crippen molar-refractivity contribution in [3.63, 3.8) is 0 Å². The van der Waals surface area contributed by atoms with Crippen LogP contribution >= 0.6 is 0 Å². The quantitative estimate of drug-likeness (QED) is 0.577. The lowest BCUT2D eigenvalue weighted by molar-refractivity contribution is -0.214. The van der Waals surface area contributed by atoms with Crippen LogP contribution < -0.4 is 5.73 Å². The molecule has 1 saturated carbocycles. The third-order valence-corrected chi connectivity index (χ3v) is 3.73. The lowest BCUT2D eigenvalue weighted by Gasteiger charge is -2.32. The summed E-state index contributed by atoms with van der Waals surface area (Å²) >= 11 is 0. The Bertz CT molecular complexity index is 302. The zero-order valence-electron chi connectivity index (χ0n) is 11.3. The van der Waals surface area contributed by atoms with Gasteiger partial charge in [-0.1, -0.05) is 32.1 Å². The molecule has 19 heavy (non-hydrogen) atoms. The van der Waals surface area contributed by atoms with Gasteiger partial charge in [0, 0.05) is 0 Å². The van der Waals surface area contributed by atoms with Gasteiger partial charge in [0.1, 0.15) is 0 Å². The first kappa shape index (κ1) is 16.3. The van der Waals surface area contributed by atoms with Crippen LogP contribution in [0.2, 0.25) is 0 Å². The predicted molar refractivity (Wildman–Crippen MR) is 66.5 cm³/mol. The minimum Gasteiger partial charge on any atom is -0.461 e. The summed E-state index contributed by atoms with van der Waals surface area (Å²) in [5, 5.41) is 9.70. The Kier molecular flexibility index (Phi) is 5.67. The van der Waals surface area contributed by atoms with Crippen LogP contribution in [-0.4, -0.2) is 29.3 Å². The van der Waals surface area contributed by atoms with E-state index in [4.69, 9.17) is 5.73 Å². The Morgan fingerprint density at radius 2 is 1.95 bits per heavy atom. The van der Waals surface area contributed by atoms with Gasteiger partial charge in [-0.05, 0) is 25.7 Å². The summed E-state index contributed by atoms with van der Waals surface area (Å²) < 4.78 is 31.6. The first-order valence-corrected chi connectivity index (χ1v) is 6.87. The van der Waals surface area contributed by atoms with Crippen LogP contribution in [0.1, 0.15) is 51.9 Å². The van der Waals surface area contributed by atoms with E-state index in [1.165, 1.54) is 13.3 Å². The molecule has 0 spiro atoms. The molecule has 0 unspecified atom stereocenters. The van der Waals surface area contributed by atoms with Crippen molar-refractivity contribution in [2.24, 2.45) is 11.7 Å². The first-order chi connectivity index (χ1) is 8.81. The normalized spacial score (nSPS) is 20.9. The number of halogens is 2. The maximum absolute atomic E-state index is 13.7. The van der Waals surface area contributed by atoms with Gasteiger partial charge < -0.3 is 9.84 Å². The monoisotopic (exact) mass is 279 g/mol. The number of ether oxygens (including phenoxy) is 1. The average Bonchev–Trinajstić information content (AvgIpc) is 2.38. The van der Waals surface area contributed by atoms with Gasteiger partial charge >= 0.3 is 11.9 Å². The van der Waals surface area contributed by atoms with Gasteiger partial charge in [0.05, 0.1) is 6.61 Å². The molecule has 0 bridgehead atoms. The zero-order valence-corrected chi connectivity index (χ0v) is 11.3. The molecule has 3 N–H and O–H groups in total. The van der Waals surface area contributed by atoms with Crippen molar-refractivity contribution >= 4 is 5.97 Å².